The Kier molecular flexibility index (Phi) is 5.55. The number of rotatable bonds is 5. The highest BCUT2D eigenvalue weighted by Crippen LogP contribution is 2.26. The Balaban J connectivity index is 1.56. The zero-order valence-electron chi connectivity index (χ0n) is 16.9. The molecule has 3 aromatic carbocycles. The van der Waals surface area contributed by atoms with Crippen molar-refractivity contribution < 1.29 is 9.53 Å². The SMILES string of the molecule is COc1ccc(C(=O)Nc2ccc3nn(-c4ccc(C(C)C)cc4)nc3c2)cc1Br. The number of anilines is 1. The van der Waals surface area contributed by atoms with E-state index >= 15 is 0 Å². The molecule has 1 N–H and O–H groups in total. The third kappa shape index (κ3) is 4.07. The van der Waals surface area contributed by atoms with Crippen molar-refractivity contribution in [2.24, 2.45) is 0 Å². The first-order chi connectivity index (χ1) is 14.4. The molecular formula is C23H21BrN4O2. The van der Waals surface area contributed by atoms with E-state index < -0.39 is 0 Å². The molecule has 7 heteroatoms. The molecule has 4 rings (SSSR count). The van der Waals surface area contributed by atoms with Gasteiger partial charge in [-0.1, -0.05) is 26.0 Å². The van der Waals surface area contributed by atoms with Gasteiger partial charge in [-0.2, -0.15) is 4.80 Å². The average molecular weight is 465 g/mol. The Bertz CT molecular complexity index is 1220. The number of carbonyl (C=O) groups excluding carboxylic acids is 1. The number of hydrogen-bond donors (Lipinski definition) is 1. The monoisotopic (exact) mass is 464 g/mol. The molecule has 0 saturated heterocycles. The molecule has 0 fully saturated rings. The van der Waals surface area contributed by atoms with Crippen LogP contribution in [-0.4, -0.2) is 28.0 Å². The minimum atomic E-state index is -0.214. The van der Waals surface area contributed by atoms with Crippen molar-refractivity contribution in [3.63, 3.8) is 0 Å². The van der Waals surface area contributed by atoms with Crippen molar-refractivity contribution in [3.05, 3.63) is 76.3 Å². The maximum Gasteiger partial charge on any atom is 0.255 e. The molecule has 0 atom stereocenters. The molecule has 0 saturated carbocycles. The molecule has 152 valence electrons. The molecule has 0 aliphatic heterocycles. The van der Waals surface area contributed by atoms with Gasteiger partial charge in [0.15, 0.2) is 0 Å². The van der Waals surface area contributed by atoms with Crippen LogP contribution in [0, 0.1) is 0 Å². The summed E-state index contributed by atoms with van der Waals surface area (Å²) in [5.74, 6) is 0.932. The molecule has 1 amide bonds. The van der Waals surface area contributed by atoms with E-state index in [4.69, 9.17) is 4.74 Å². The number of amides is 1. The third-order valence-corrected chi connectivity index (χ3v) is 5.46. The Morgan fingerprint density at radius 3 is 2.40 bits per heavy atom. The van der Waals surface area contributed by atoms with E-state index in [1.807, 2.05) is 30.3 Å². The summed E-state index contributed by atoms with van der Waals surface area (Å²) in [5.41, 5.74) is 4.80. The van der Waals surface area contributed by atoms with Crippen LogP contribution in [0.15, 0.2) is 65.1 Å². The van der Waals surface area contributed by atoms with Crippen LogP contribution in [0.4, 0.5) is 5.69 Å². The van der Waals surface area contributed by atoms with Gasteiger partial charge in [0.05, 0.1) is 17.3 Å². The van der Waals surface area contributed by atoms with Gasteiger partial charge in [-0.25, -0.2) is 0 Å². The smallest absolute Gasteiger partial charge is 0.255 e. The summed E-state index contributed by atoms with van der Waals surface area (Å²) in [7, 11) is 1.58. The second-order valence-corrected chi connectivity index (χ2v) is 8.10. The van der Waals surface area contributed by atoms with E-state index in [-0.39, 0.29) is 5.91 Å². The first kappa shape index (κ1) is 20.1. The second-order valence-electron chi connectivity index (χ2n) is 7.24. The van der Waals surface area contributed by atoms with E-state index in [9.17, 15) is 4.79 Å². The van der Waals surface area contributed by atoms with Gasteiger partial charge >= 0.3 is 0 Å². The molecule has 1 heterocycles. The number of methoxy groups -OCH3 is 1. The molecule has 0 spiro atoms. The standard InChI is InChI=1S/C23H21BrN4O2/c1-14(2)15-4-8-18(9-5-15)28-26-20-10-7-17(13-21(20)27-28)25-23(29)16-6-11-22(30-3)19(24)12-16/h4-14H,1-3H3,(H,25,29). The van der Waals surface area contributed by atoms with E-state index in [0.717, 1.165) is 15.7 Å². The molecule has 6 nitrogen and oxygen atoms in total. The van der Waals surface area contributed by atoms with Gasteiger partial charge < -0.3 is 10.1 Å². The minimum absolute atomic E-state index is 0.214. The summed E-state index contributed by atoms with van der Waals surface area (Å²) in [4.78, 5) is 14.2. The molecule has 0 aliphatic rings. The quantitative estimate of drug-likeness (QED) is 0.419. The summed E-state index contributed by atoms with van der Waals surface area (Å²) in [6.45, 7) is 4.33. The van der Waals surface area contributed by atoms with Crippen molar-refractivity contribution in [1.82, 2.24) is 15.0 Å². The fourth-order valence-corrected chi connectivity index (χ4v) is 3.65. The van der Waals surface area contributed by atoms with E-state index in [0.29, 0.717) is 28.4 Å². The molecule has 0 aliphatic carbocycles. The predicted molar refractivity (Wildman–Crippen MR) is 122 cm³/mol. The summed E-state index contributed by atoms with van der Waals surface area (Å²) < 4.78 is 5.93. The fraction of sp³-hybridized carbons (Fsp3) is 0.174. The van der Waals surface area contributed by atoms with E-state index in [1.54, 1.807) is 30.1 Å². The topological polar surface area (TPSA) is 69.0 Å². The van der Waals surface area contributed by atoms with Gasteiger partial charge in [-0.3, -0.25) is 4.79 Å². The largest absolute Gasteiger partial charge is 0.496 e. The lowest BCUT2D eigenvalue weighted by molar-refractivity contribution is 0.102. The molecule has 30 heavy (non-hydrogen) atoms. The van der Waals surface area contributed by atoms with Gasteiger partial charge in [-0.05, 0) is 75.9 Å². The van der Waals surface area contributed by atoms with Crippen LogP contribution in [0.5, 0.6) is 5.75 Å². The number of nitrogens with zero attached hydrogens (tertiary/aromatic N) is 3. The van der Waals surface area contributed by atoms with Crippen molar-refractivity contribution in [2.75, 3.05) is 12.4 Å². The summed E-state index contributed by atoms with van der Waals surface area (Å²) >= 11 is 3.40. The highest BCUT2D eigenvalue weighted by molar-refractivity contribution is 9.10. The van der Waals surface area contributed by atoms with Crippen LogP contribution in [0.3, 0.4) is 0 Å². The fourth-order valence-electron chi connectivity index (χ4n) is 3.11. The maximum atomic E-state index is 12.6. The van der Waals surface area contributed by atoms with Crippen LogP contribution in [0.25, 0.3) is 16.7 Å². The summed E-state index contributed by atoms with van der Waals surface area (Å²) in [6.07, 6.45) is 0. The average Bonchev–Trinajstić information content (AvgIpc) is 3.17. The summed E-state index contributed by atoms with van der Waals surface area (Å²) in [5, 5.41) is 12.0. The Labute approximate surface area is 183 Å². The van der Waals surface area contributed by atoms with E-state index in [2.05, 4.69) is 57.4 Å². The minimum Gasteiger partial charge on any atom is -0.496 e. The van der Waals surface area contributed by atoms with Gasteiger partial charge in [0, 0.05) is 11.3 Å². The van der Waals surface area contributed by atoms with Crippen molar-refractivity contribution >= 4 is 38.6 Å². The predicted octanol–water partition coefficient (Wildman–Crippen LogP) is 5.57. The first-order valence-corrected chi connectivity index (χ1v) is 10.4. The third-order valence-electron chi connectivity index (χ3n) is 4.84. The Morgan fingerprint density at radius 2 is 1.73 bits per heavy atom. The molecule has 1 aromatic heterocycles. The zero-order valence-corrected chi connectivity index (χ0v) is 18.5. The molecule has 4 aromatic rings. The Hall–Kier alpha value is -3.19. The van der Waals surface area contributed by atoms with E-state index in [1.165, 1.54) is 5.56 Å². The Morgan fingerprint density at radius 1 is 1.00 bits per heavy atom. The highest BCUT2D eigenvalue weighted by atomic mass is 79.9. The number of fused-ring (bicyclic) bond motifs is 1. The molecule has 0 bridgehead atoms. The van der Waals surface area contributed by atoms with Gasteiger partial charge in [-0.15, -0.1) is 10.2 Å². The number of carbonyl (C=O) groups is 1. The van der Waals surface area contributed by atoms with Crippen molar-refractivity contribution in [1.29, 1.82) is 0 Å². The lowest BCUT2D eigenvalue weighted by Crippen LogP contribution is -2.11. The molecular weight excluding hydrogens is 444 g/mol. The van der Waals surface area contributed by atoms with Crippen LogP contribution in [0.2, 0.25) is 0 Å². The number of benzene rings is 3. The van der Waals surface area contributed by atoms with Gasteiger partial charge in [0.25, 0.3) is 5.91 Å². The first-order valence-electron chi connectivity index (χ1n) is 9.57. The van der Waals surface area contributed by atoms with Crippen molar-refractivity contribution in [3.8, 4) is 11.4 Å². The van der Waals surface area contributed by atoms with Crippen LogP contribution >= 0.6 is 15.9 Å². The molecule has 0 unspecified atom stereocenters. The van der Waals surface area contributed by atoms with Crippen LogP contribution in [-0.2, 0) is 0 Å². The lowest BCUT2D eigenvalue weighted by Gasteiger charge is -2.07. The van der Waals surface area contributed by atoms with Crippen LogP contribution in [0.1, 0.15) is 35.7 Å². The lowest BCUT2D eigenvalue weighted by atomic mass is 10.0. The number of hydrogen-bond acceptors (Lipinski definition) is 4. The normalized spacial score (nSPS) is 11.1. The van der Waals surface area contributed by atoms with Gasteiger partial charge in [0.2, 0.25) is 0 Å². The number of ether oxygens (including phenoxy) is 1. The highest BCUT2D eigenvalue weighted by Gasteiger charge is 2.11. The molecule has 0 radical (unpaired) electrons. The number of aromatic nitrogens is 3. The second kappa shape index (κ2) is 8.28. The maximum absolute atomic E-state index is 12.6. The zero-order chi connectivity index (χ0) is 21.3. The van der Waals surface area contributed by atoms with Gasteiger partial charge in [0.1, 0.15) is 16.8 Å². The van der Waals surface area contributed by atoms with Crippen LogP contribution < -0.4 is 10.1 Å². The number of nitrogens with one attached hydrogen (secondary N) is 1. The number of halogens is 1. The van der Waals surface area contributed by atoms with Crippen molar-refractivity contribution in [2.45, 2.75) is 19.8 Å². The summed E-state index contributed by atoms with van der Waals surface area (Å²) in [6, 6.07) is 18.9.